The maximum absolute atomic E-state index is 12.3. The number of likely N-dealkylation sites (tertiary alicyclic amines) is 1. The third kappa shape index (κ3) is 3.54. The summed E-state index contributed by atoms with van der Waals surface area (Å²) in [7, 11) is 0. The number of rotatable bonds is 3. The molecule has 2 heterocycles. The van der Waals surface area contributed by atoms with Crippen molar-refractivity contribution in [2.75, 3.05) is 13.1 Å². The Labute approximate surface area is 122 Å². The fraction of sp³-hybridized carbons (Fsp3) is 0.750. The number of ketones is 1. The molecule has 1 saturated heterocycles. The van der Waals surface area contributed by atoms with Gasteiger partial charge in [-0.15, -0.1) is 5.10 Å². The van der Waals surface area contributed by atoms with E-state index in [9.17, 15) is 9.59 Å². The van der Waals surface area contributed by atoms with E-state index in [0.29, 0.717) is 13.0 Å². The van der Waals surface area contributed by atoms with Crippen LogP contribution < -0.4 is 5.73 Å². The average Bonchev–Trinajstić information content (AvgIpc) is 3.04. The van der Waals surface area contributed by atoms with Gasteiger partial charge in [-0.25, -0.2) is 9.48 Å². The van der Waals surface area contributed by atoms with Gasteiger partial charge < -0.3 is 10.5 Å². The van der Waals surface area contributed by atoms with Crippen molar-refractivity contribution in [3.8, 4) is 0 Å². The lowest BCUT2D eigenvalue weighted by Gasteiger charge is -2.27. The Morgan fingerprint density at radius 1 is 1.43 bits per heavy atom. The minimum atomic E-state index is -0.625. The van der Waals surface area contributed by atoms with Crippen LogP contribution in [-0.2, 0) is 9.53 Å². The Morgan fingerprint density at radius 3 is 2.67 bits per heavy atom. The number of ether oxygens (including phenoxy) is 1. The van der Waals surface area contributed by atoms with Crippen LogP contribution in [0.15, 0.2) is 6.33 Å². The highest BCUT2D eigenvalue weighted by molar-refractivity contribution is 5.89. The molecule has 0 unspecified atom stereocenters. The van der Waals surface area contributed by atoms with Gasteiger partial charge in [0, 0.05) is 6.54 Å². The Balaban J connectivity index is 2.16. The summed E-state index contributed by atoms with van der Waals surface area (Å²) in [5.41, 5.74) is 4.81. The van der Waals surface area contributed by atoms with E-state index in [0.717, 1.165) is 0 Å². The van der Waals surface area contributed by atoms with Crippen molar-refractivity contribution in [2.45, 2.75) is 44.9 Å². The Bertz CT molecular complexity index is 510. The van der Waals surface area contributed by atoms with Crippen LogP contribution in [0.1, 0.15) is 33.2 Å². The average molecular weight is 296 g/mol. The van der Waals surface area contributed by atoms with E-state index < -0.39 is 17.7 Å². The predicted octanol–water partition coefficient (Wildman–Crippen LogP) is -0.249. The van der Waals surface area contributed by atoms with Crippen LogP contribution >= 0.6 is 0 Å². The summed E-state index contributed by atoms with van der Waals surface area (Å²) in [6.45, 7) is 5.53. The third-order valence-corrected chi connectivity index (χ3v) is 3.22. The van der Waals surface area contributed by atoms with Gasteiger partial charge in [-0.2, -0.15) is 0 Å². The normalized spacial score (nSPS) is 22.4. The molecule has 1 fully saturated rings. The monoisotopic (exact) mass is 296 g/mol. The van der Waals surface area contributed by atoms with E-state index in [2.05, 4.69) is 15.5 Å². The van der Waals surface area contributed by atoms with Gasteiger partial charge >= 0.3 is 6.09 Å². The summed E-state index contributed by atoms with van der Waals surface area (Å²) in [5, 5.41) is 11.0. The van der Waals surface area contributed by atoms with Crippen LogP contribution in [0.2, 0.25) is 0 Å². The Morgan fingerprint density at radius 2 is 2.14 bits per heavy atom. The van der Waals surface area contributed by atoms with Crippen LogP contribution in [-0.4, -0.2) is 61.7 Å². The van der Waals surface area contributed by atoms with Crippen molar-refractivity contribution in [2.24, 2.45) is 5.73 Å². The van der Waals surface area contributed by atoms with Gasteiger partial charge in [0.05, 0.1) is 18.6 Å². The minimum Gasteiger partial charge on any atom is -0.444 e. The number of nitrogens with zero attached hydrogens (tertiary/aromatic N) is 5. The summed E-state index contributed by atoms with van der Waals surface area (Å²) in [6.07, 6.45) is 1.37. The largest absolute Gasteiger partial charge is 0.444 e. The first-order valence-electron chi connectivity index (χ1n) is 6.76. The zero-order valence-electron chi connectivity index (χ0n) is 12.4. The highest BCUT2D eigenvalue weighted by Gasteiger charge is 2.41. The van der Waals surface area contributed by atoms with Crippen molar-refractivity contribution in [1.29, 1.82) is 0 Å². The quantitative estimate of drug-likeness (QED) is 0.817. The summed E-state index contributed by atoms with van der Waals surface area (Å²) >= 11 is 0. The summed E-state index contributed by atoms with van der Waals surface area (Å²) in [5.74, 6) is -0.198. The molecule has 2 atom stereocenters. The van der Waals surface area contributed by atoms with Crippen molar-refractivity contribution in [3.05, 3.63) is 6.33 Å². The first-order chi connectivity index (χ1) is 9.81. The molecule has 0 radical (unpaired) electrons. The molecule has 9 heteroatoms. The van der Waals surface area contributed by atoms with Gasteiger partial charge in [-0.05, 0) is 37.6 Å². The lowest BCUT2D eigenvalue weighted by molar-refractivity contribution is -0.122. The first kappa shape index (κ1) is 15.4. The summed E-state index contributed by atoms with van der Waals surface area (Å²) in [4.78, 5) is 25.6. The number of hydrogen-bond donors (Lipinski definition) is 1. The van der Waals surface area contributed by atoms with Crippen molar-refractivity contribution < 1.29 is 14.3 Å². The van der Waals surface area contributed by atoms with Crippen molar-refractivity contribution in [1.82, 2.24) is 25.1 Å². The maximum atomic E-state index is 12.3. The standard InChI is InChI=1S/C12H20N6O3/c1-12(2,3)21-11(20)17-6-8(18-7-14-15-16-18)4-9(17)10(19)5-13/h7-9H,4-6,13H2,1-3H3/t8-,9-/m0/s1. The molecule has 1 aliphatic rings. The highest BCUT2D eigenvalue weighted by atomic mass is 16.6. The Hall–Kier alpha value is -2.03. The molecule has 9 nitrogen and oxygen atoms in total. The van der Waals surface area contributed by atoms with E-state index in [-0.39, 0.29) is 18.4 Å². The smallest absolute Gasteiger partial charge is 0.410 e. The van der Waals surface area contributed by atoms with Crippen LogP contribution in [0.3, 0.4) is 0 Å². The number of carbonyl (C=O) groups excluding carboxylic acids is 2. The van der Waals surface area contributed by atoms with Crippen LogP contribution in [0.4, 0.5) is 4.79 Å². The fourth-order valence-corrected chi connectivity index (χ4v) is 2.30. The van der Waals surface area contributed by atoms with E-state index in [1.165, 1.54) is 11.2 Å². The zero-order valence-corrected chi connectivity index (χ0v) is 12.4. The van der Waals surface area contributed by atoms with E-state index >= 15 is 0 Å². The number of nitrogens with two attached hydrogens (primary N) is 1. The van der Waals surface area contributed by atoms with E-state index in [1.807, 2.05) is 0 Å². The number of amides is 1. The minimum absolute atomic E-state index is 0.119. The topological polar surface area (TPSA) is 116 Å². The maximum Gasteiger partial charge on any atom is 0.410 e. The molecule has 0 bridgehead atoms. The zero-order chi connectivity index (χ0) is 15.6. The summed E-state index contributed by atoms with van der Waals surface area (Å²) in [6, 6.07) is -0.757. The molecule has 0 spiro atoms. The lowest BCUT2D eigenvalue weighted by Crippen LogP contribution is -2.45. The molecule has 2 rings (SSSR count). The number of aromatic nitrogens is 4. The second-order valence-corrected chi connectivity index (χ2v) is 6.00. The van der Waals surface area contributed by atoms with Gasteiger partial charge in [0.15, 0.2) is 5.78 Å². The second kappa shape index (κ2) is 5.76. The molecule has 2 N–H and O–H groups in total. The number of hydrogen-bond acceptors (Lipinski definition) is 7. The molecule has 21 heavy (non-hydrogen) atoms. The second-order valence-electron chi connectivity index (χ2n) is 6.00. The molecule has 1 amide bonds. The van der Waals surface area contributed by atoms with Crippen molar-refractivity contribution >= 4 is 11.9 Å². The van der Waals surface area contributed by atoms with Crippen molar-refractivity contribution in [3.63, 3.8) is 0 Å². The number of Topliss-reactive ketones (excluding diaryl/α,β-unsaturated/α-hetero) is 1. The number of carbonyl (C=O) groups is 2. The van der Waals surface area contributed by atoms with Gasteiger partial charge in [0.2, 0.25) is 0 Å². The molecule has 0 saturated carbocycles. The predicted molar refractivity (Wildman–Crippen MR) is 72.3 cm³/mol. The fourth-order valence-electron chi connectivity index (χ4n) is 2.30. The lowest BCUT2D eigenvalue weighted by atomic mass is 10.1. The molecule has 0 aromatic carbocycles. The van der Waals surface area contributed by atoms with Crippen LogP contribution in [0.25, 0.3) is 0 Å². The SMILES string of the molecule is CC(C)(C)OC(=O)N1C[C@@H](n2cnnn2)C[C@H]1C(=O)CN. The van der Waals surface area contributed by atoms with Gasteiger partial charge in [0.25, 0.3) is 0 Å². The molecule has 0 aliphatic carbocycles. The van der Waals surface area contributed by atoms with E-state index in [1.54, 1.807) is 25.5 Å². The molecular formula is C12H20N6O3. The molecule has 1 aromatic heterocycles. The van der Waals surface area contributed by atoms with Crippen LogP contribution in [0.5, 0.6) is 0 Å². The van der Waals surface area contributed by atoms with Gasteiger partial charge in [-0.1, -0.05) is 0 Å². The molecule has 1 aromatic rings. The van der Waals surface area contributed by atoms with Gasteiger partial charge in [-0.3, -0.25) is 9.69 Å². The number of tetrazole rings is 1. The molecule has 116 valence electrons. The molecular weight excluding hydrogens is 276 g/mol. The van der Waals surface area contributed by atoms with Crippen LogP contribution in [0, 0.1) is 0 Å². The first-order valence-corrected chi connectivity index (χ1v) is 6.76. The summed E-state index contributed by atoms with van der Waals surface area (Å²) < 4.78 is 6.89. The van der Waals surface area contributed by atoms with E-state index in [4.69, 9.17) is 10.5 Å². The highest BCUT2D eigenvalue weighted by Crippen LogP contribution is 2.28. The van der Waals surface area contributed by atoms with Gasteiger partial charge in [0.1, 0.15) is 11.9 Å². The Kier molecular flexibility index (Phi) is 4.21. The third-order valence-electron chi connectivity index (χ3n) is 3.22. The molecule has 1 aliphatic heterocycles.